The van der Waals surface area contributed by atoms with Crippen molar-refractivity contribution in [2.45, 2.75) is 39.0 Å². The Bertz CT molecular complexity index is 753. The smallest absolute Gasteiger partial charge is 0.387 e. The molecule has 1 aliphatic rings. The molecule has 0 aromatic heterocycles. The summed E-state index contributed by atoms with van der Waals surface area (Å²) in [7, 11) is 0. The highest BCUT2D eigenvalue weighted by molar-refractivity contribution is 5.79. The maximum Gasteiger partial charge on any atom is 0.387 e. The summed E-state index contributed by atoms with van der Waals surface area (Å²) in [5.41, 5.74) is 2.11. The number of alkyl halides is 2. The van der Waals surface area contributed by atoms with Gasteiger partial charge in [-0.2, -0.15) is 8.78 Å². The number of piperidine rings is 1. The molecule has 3 rings (SSSR count). The van der Waals surface area contributed by atoms with Crippen LogP contribution in [0.25, 0.3) is 0 Å². The van der Waals surface area contributed by atoms with E-state index in [1.807, 2.05) is 25.1 Å². The molecule has 2 unspecified atom stereocenters. The largest absolute Gasteiger partial charge is 0.435 e. The molecule has 0 bridgehead atoms. The maximum absolute atomic E-state index is 12.7. The summed E-state index contributed by atoms with van der Waals surface area (Å²) in [6.07, 6.45) is 1.88. The fourth-order valence-corrected chi connectivity index (χ4v) is 3.61. The number of carbonyl (C=O) groups excluding carboxylic acids is 1. The SMILES string of the molecule is CC(NC(=O)C1CCCN(Cc2ccccc2)C1)c1ccc(OC(F)F)cc1. The summed E-state index contributed by atoms with van der Waals surface area (Å²) in [5, 5.41) is 3.06. The van der Waals surface area contributed by atoms with E-state index in [2.05, 4.69) is 27.1 Å². The molecule has 150 valence electrons. The summed E-state index contributed by atoms with van der Waals surface area (Å²) in [6, 6.07) is 16.5. The molecule has 1 saturated heterocycles. The summed E-state index contributed by atoms with van der Waals surface area (Å²) >= 11 is 0. The Kier molecular flexibility index (Phi) is 6.98. The van der Waals surface area contributed by atoms with Gasteiger partial charge in [-0.3, -0.25) is 9.69 Å². The van der Waals surface area contributed by atoms with Gasteiger partial charge >= 0.3 is 6.61 Å². The monoisotopic (exact) mass is 388 g/mol. The molecule has 0 spiro atoms. The quantitative estimate of drug-likeness (QED) is 0.766. The highest BCUT2D eigenvalue weighted by atomic mass is 19.3. The number of halogens is 2. The Morgan fingerprint density at radius 3 is 2.57 bits per heavy atom. The van der Waals surface area contributed by atoms with Crippen LogP contribution in [0.4, 0.5) is 8.78 Å². The lowest BCUT2D eigenvalue weighted by molar-refractivity contribution is -0.127. The lowest BCUT2D eigenvalue weighted by Crippen LogP contribution is -2.43. The summed E-state index contributed by atoms with van der Waals surface area (Å²) in [6.45, 7) is 1.65. The van der Waals surface area contributed by atoms with E-state index in [1.54, 1.807) is 12.1 Å². The van der Waals surface area contributed by atoms with Gasteiger partial charge in [0.2, 0.25) is 5.91 Å². The van der Waals surface area contributed by atoms with Crippen molar-refractivity contribution in [2.75, 3.05) is 13.1 Å². The molecule has 1 amide bonds. The van der Waals surface area contributed by atoms with Gasteiger partial charge in [0.15, 0.2) is 0 Å². The molecule has 6 heteroatoms. The van der Waals surface area contributed by atoms with E-state index in [1.165, 1.54) is 17.7 Å². The maximum atomic E-state index is 12.7. The number of benzene rings is 2. The van der Waals surface area contributed by atoms with E-state index in [-0.39, 0.29) is 23.6 Å². The van der Waals surface area contributed by atoms with Crippen LogP contribution in [-0.2, 0) is 11.3 Å². The topological polar surface area (TPSA) is 41.6 Å². The van der Waals surface area contributed by atoms with Crippen molar-refractivity contribution in [3.8, 4) is 5.75 Å². The molecule has 4 nitrogen and oxygen atoms in total. The van der Waals surface area contributed by atoms with Gasteiger partial charge in [0.25, 0.3) is 0 Å². The first-order valence-electron chi connectivity index (χ1n) is 9.62. The van der Waals surface area contributed by atoms with Crippen LogP contribution in [0.1, 0.15) is 36.9 Å². The first-order valence-corrected chi connectivity index (χ1v) is 9.62. The van der Waals surface area contributed by atoms with Gasteiger partial charge in [-0.05, 0) is 49.6 Å². The summed E-state index contributed by atoms with van der Waals surface area (Å²) in [5.74, 6) is 0.112. The van der Waals surface area contributed by atoms with Crippen LogP contribution >= 0.6 is 0 Å². The second kappa shape index (κ2) is 9.64. The lowest BCUT2D eigenvalue weighted by Gasteiger charge is -2.32. The first kappa shape index (κ1) is 20.3. The molecular weight excluding hydrogens is 362 g/mol. The predicted molar refractivity (Wildman–Crippen MR) is 104 cm³/mol. The molecule has 2 atom stereocenters. The minimum atomic E-state index is -2.84. The third-order valence-electron chi connectivity index (χ3n) is 5.09. The molecule has 2 aromatic carbocycles. The minimum Gasteiger partial charge on any atom is -0.435 e. The normalized spacial score (nSPS) is 18.6. The number of carbonyl (C=O) groups is 1. The fourth-order valence-electron chi connectivity index (χ4n) is 3.61. The molecule has 1 heterocycles. The average molecular weight is 388 g/mol. The highest BCUT2D eigenvalue weighted by Gasteiger charge is 2.26. The molecule has 1 N–H and O–H groups in total. The molecular formula is C22H26F2N2O2. The average Bonchev–Trinajstić information content (AvgIpc) is 2.69. The van der Waals surface area contributed by atoms with Crippen LogP contribution < -0.4 is 10.1 Å². The Morgan fingerprint density at radius 2 is 1.89 bits per heavy atom. The molecule has 28 heavy (non-hydrogen) atoms. The van der Waals surface area contributed by atoms with E-state index in [0.717, 1.165) is 38.0 Å². The van der Waals surface area contributed by atoms with Gasteiger partial charge in [0.05, 0.1) is 12.0 Å². The zero-order valence-electron chi connectivity index (χ0n) is 16.0. The minimum absolute atomic E-state index is 0.0400. The van der Waals surface area contributed by atoms with Crippen molar-refractivity contribution in [3.63, 3.8) is 0 Å². The third-order valence-corrected chi connectivity index (χ3v) is 5.09. The van der Waals surface area contributed by atoms with Crippen LogP contribution in [0.3, 0.4) is 0 Å². The van der Waals surface area contributed by atoms with Gasteiger partial charge in [0, 0.05) is 13.1 Å². The third kappa shape index (κ3) is 5.76. The summed E-state index contributed by atoms with van der Waals surface area (Å²) in [4.78, 5) is 15.1. The summed E-state index contributed by atoms with van der Waals surface area (Å²) < 4.78 is 28.8. The molecule has 0 radical (unpaired) electrons. The van der Waals surface area contributed by atoms with Crippen molar-refractivity contribution >= 4 is 5.91 Å². The molecule has 2 aromatic rings. The number of hydrogen-bond donors (Lipinski definition) is 1. The Morgan fingerprint density at radius 1 is 1.18 bits per heavy atom. The van der Waals surface area contributed by atoms with Gasteiger partial charge in [0.1, 0.15) is 5.75 Å². The van der Waals surface area contributed by atoms with Crippen LogP contribution in [0.2, 0.25) is 0 Å². The van der Waals surface area contributed by atoms with Crippen LogP contribution in [-0.4, -0.2) is 30.5 Å². The van der Waals surface area contributed by atoms with Crippen molar-refractivity contribution in [3.05, 3.63) is 65.7 Å². The highest BCUT2D eigenvalue weighted by Crippen LogP contribution is 2.22. The van der Waals surface area contributed by atoms with Crippen molar-refractivity contribution in [1.82, 2.24) is 10.2 Å². The molecule has 1 fully saturated rings. The van der Waals surface area contributed by atoms with Gasteiger partial charge in [-0.25, -0.2) is 0 Å². The number of hydrogen-bond acceptors (Lipinski definition) is 3. The zero-order chi connectivity index (χ0) is 19.9. The number of amides is 1. The van der Waals surface area contributed by atoms with Crippen molar-refractivity contribution in [1.29, 1.82) is 0 Å². The van der Waals surface area contributed by atoms with E-state index >= 15 is 0 Å². The standard InChI is InChI=1S/C22H26F2N2O2/c1-16(18-9-11-20(12-10-18)28-22(23)24)25-21(27)19-8-5-13-26(15-19)14-17-6-3-2-4-7-17/h2-4,6-7,9-12,16,19,22H,5,8,13-15H2,1H3,(H,25,27). The number of rotatable bonds is 7. The molecule has 1 aliphatic heterocycles. The van der Waals surface area contributed by atoms with E-state index in [0.29, 0.717) is 0 Å². The van der Waals surface area contributed by atoms with Crippen LogP contribution in [0.5, 0.6) is 5.75 Å². The van der Waals surface area contributed by atoms with E-state index in [4.69, 9.17) is 0 Å². The first-order chi connectivity index (χ1) is 13.5. The second-order valence-corrected chi connectivity index (χ2v) is 7.24. The van der Waals surface area contributed by atoms with Crippen molar-refractivity contribution in [2.24, 2.45) is 5.92 Å². The molecule has 0 aliphatic carbocycles. The number of ether oxygens (including phenoxy) is 1. The van der Waals surface area contributed by atoms with Crippen molar-refractivity contribution < 1.29 is 18.3 Å². The van der Waals surface area contributed by atoms with E-state index in [9.17, 15) is 13.6 Å². The zero-order valence-corrected chi connectivity index (χ0v) is 16.0. The Balaban J connectivity index is 1.53. The Labute approximate surface area is 164 Å². The lowest BCUT2D eigenvalue weighted by atomic mass is 9.96. The second-order valence-electron chi connectivity index (χ2n) is 7.24. The van der Waals surface area contributed by atoms with Gasteiger partial charge in [-0.15, -0.1) is 0 Å². The van der Waals surface area contributed by atoms with Crippen LogP contribution in [0.15, 0.2) is 54.6 Å². The fraction of sp³-hybridized carbons (Fsp3) is 0.409. The Hall–Kier alpha value is -2.47. The number of nitrogens with one attached hydrogen (secondary N) is 1. The van der Waals surface area contributed by atoms with Gasteiger partial charge < -0.3 is 10.1 Å². The molecule has 0 saturated carbocycles. The number of nitrogens with zero attached hydrogens (tertiary/aromatic N) is 1. The number of likely N-dealkylation sites (tertiary alicyclic amines) is 1. The van der Waals surface area contributed by atoms with Gasteiger partial charge in [-0.1, -0.05) is 42.5 Å². The van der Waals surface area contributed by atoms with E-state index < -0.39 is 6.61 Å². The predicted octanol–water partition coefficient (Wildman–Crippen LogP) is 4.38. The van der Waals surface area contributed by atoms with Crippen LogP contribution in [0, 0.1) is 5.92 Å².